The SMILES string of the molecule is C=CC1=CCC2CC2=C1. The third-order valence-corrected chi connectivity index (χ3v) is 2.07. The standard InChI is InChI=1S/C9H10/c1-2-7-3-4-8-6-9(8)5-7/h2-3,5,8H,1,4,6H2. The van der Waals surface area contributed by atoms with E-state index in [1.807, 2.05) is 6.08 Å². The van der Waals surface area contributed by atoms with Gasteiger partial charge < -0.3 is 0 Å². The fourth-order valence-electron chi connectivity index (χ4n) is 1.33. The molecule has 0 amide bonds. The first-order valence-electron chi connectivity index (χ1n) is 3.43. The summed E-state index contributed by atoms with van der Waals surface area (Å²) in [5.74, 6) is 0.925. The zero-order valence-corrected chi connectivity index (χ0v) is 5.43. The summed E-state index contributed by atoms with van der Waals surface area (Å²) in [7, 11) is 0. The Labute approximate surface area is 55.6 Å². The second-order valence-electron chi connectivity index (χ2n) is 2.76. The van der Waals surface area contributed by atoms with Crippen molar-refractivity contribution in [1.29, 1.82) is 0 Å². The number of hydrogen-bond donors (Lipinski definition) is 0. The molecule has 0 heterocycles. The first kappa shape index (κ1) is 5.04. The van der Waals surface area contributed by atoms with Crippen molar-refractivity contribution in [3.63, 3.8) is 0 Å². The minimum absolute atomic E-state index is 0.925. The summed E-state index contributed by atoms with van der Waals surface area (Å²) in [5, 5.41) is 0. The lowest BCUT2D eigenvalue weighted by molar-refractivity contribution is 0.883. The third kappa shape index (κ3) is 0.748. The van der Waals surface area contributed by atoms with Crippen LogP contribution in [-0.2, 0) is 0 Å². The highest BCUT2D eigenvalue weighted by molar-refractivity contribution is 5.42. The van der Waals surface area contributed by atoms with Crippen molar-refractivity contribution in [2.75, 3.05) is 0 Å². The molecule has 0 spiro atoms. The minimum atomic E-state index is 0.925. The molecule has 0 aromatic carbocycles. The monoisotopic (exact) mass is 118 g/mol. The molecule has 0 saturated heterocycles. The van der Waals surface area contributed by atoms with Gasteiger partial charge in [-0.05, 0) is 24.3 Å². The van der Waals surface area contributed by atoms with Crippen LogP contribution in [0.15, 0.2) is 36.0 Å². The predicted molar refractivity (Wildman–Crippen MR) is 39.1 cm³/mol. The first-order valence-corrected chi connectivity index (χ1v) is 3.43. The third-order valence-electron chi connectivity index (χ3n) is 2.07. The summed E-state index contributed by atoms with van der Waals surface area (Å²) >= 11 is 0. The lowest BCUT2D eigenvalue weighted by Crippen LogP contribution is -1.80. The molecule has 2 aliphatic carbocycles. The molecule has 1 saturated carbocycles. The molecule has 2 rings (SSSR count). The molecule has 46 valence electrons. The van der Waals surface area contributed by atoms with E-state index in [1.165, 1.54) is 18.4 Å². The molecule has 1 unspecified atom stereocenters. The number of rotatable bonds is 1. The highest BCUT2D eigenvalue weighted by Gasteiger charge is 2.30. The first-order chi connectivity index (χ1) is 4.40. The van der Waals surface area contributed by atoms with Gasteiger partial charge in [0.1, 0.15) is 0 Å². The predicted octanol–water partition coefficient (Wildman–Crippen LogP) is 2.45. The number of hydrogen-bond acceptors (Lipinski definition) is 0. The average molecular weight is 118 g/mol. The molecule has 0 bridgehead atoms. The Bertz CT molecular complexity index is 206. The van der Waals surface area contributed by atoms with E-state index in [1.54, 1.807) is 5.57 Å². The van der Waals surface area contributed by atoms with Crippen molar-refractivity contribution in [3.8, 4) is 0 Å². The van der Waals surface area contributed by atoms with Gasteiger partial charge in [0.15, 0.2) is 0 Å². The van der Waals surface area contributed by atoms with Crippen LogP contribution in [0, 0.1) is 5.92 Å². The van der Waals surface area contributed by atoms with Crippen LogP contribution in [0.4, 0.5) is 0 Å². The molecular weight excluding hydrogens is 108 g/mol. The van der Waals surface area contributed by atoms with Crippen LogP contribution in [0.25, 0.3) is 0 Å². The van der Waals surface area contributed by atoms with Gasteiger partial charge >= 0.3 is 0 Å². The molecule has 9 heavy (non-hydrogen) atoms. The summed E-state index contributed by atoms with van der Waals surface area (Å²) in [6.07, 6.45) is 9.07. The van der Waals surface area contributed by atoms with E-state index in [2.05, 4.69) is 18.7 Å². The lowest BCUT2D eigenvalue weighted by atomic mass is 10.1. The van der Waals surface area contributed by atoms with Gasteiger partial charge in [-0.1, -0.05) is 30.4 Å². The highest BCUT2D eigenvalue weighted by Crippen LogP contribution is 2.44. The van der Waals surface area contributed by atoms with Crippen molar-refractivity contribution >= 4 is 0 Å². The van der Waals surface area contributed by atoms with E-state index in [0.29, 0.717) is 0 Å². The Balaban J connectivity index is 2.26. The van der Waals surface area contributed by atoms with Crippen molar-refractivity contribution < 1.29 is 0 Å². The Morgan fingerprint density at radius 3 is 3.22 bits per heavy atom. The van der Waals surface area contributed by atoms with Crippen LogP contribution < -0.4 is 0 Å². The molecule has 0 radical (unpaired) electrons. The Morgan fingerprint density at radius 2 is 2.56 bits per heavy atom. The maximum atomic E-state index is 3.72. The second kappa shape index (κ2) is 1.60. The van der Waals surface area contributed by atoms with E-state index in [0.717, 1.165) is 5.92 Å². The zero-order valence-electron chi connectivity index (χ0n) is 5.43. The van der Waals surface area contributed by atoms with Crippen LogP contribution in [0.2, 0.25) is 0 Å². The largest absolute Gasteiger partial charge is 0.0985 e. The van der Waals surface area contributed by atoms with Gasteiger partial charge in [-0.2, -0.15) is 0 Å². The molecule has 0 aliphatic heterocycles. The summed E-state index contributed by atoms with van der Waals surface area (Å²) < 4.78 is 0. The minimum Gasteiger partial charge on any atom is -0.0985 e. The van der Waals surface area contributed by atoms with E-state index in [9.17, 15) is 0 Å². The Morgan fingerprint density at radius 1 is 1.67 bits per heavy atom. The van der Waals surface area contributed by atoms with E-state index in [4.69, 9.17) is 0 Å². The van der Waals surface area contributed by atoms with Gasteiger partial charge in [-0.15, -0.1) is 0 Å². The molecular formula is C9H10. The molecule has 0 aromatic heterocycles. The zero-order chi connectivity index (χ0) is 6.27. The van der Waals surface area contributed by atoms with Gasteiger partial charge in [-0.25, -0.2) is 0 Å². The van der Waals surface area contributed by atoms with Crippen molar-refractivity contribution in [2.45, 2.75) is 12.8 Å². The normalized spacial score (nSPS) is 30.0. The number of fused-ring (bicyclic) bond motifs is 1. The van der Waals surface area contributed by atoms with Crippen molar-refractivity contribution in [3.05, 3.63) is 36.0 Å². The Kier molecular flexibility index (Phi) is 0.895. The lowest BCUT2D eigenvalue weighted by Gasteiger charge is -1.97. The molecule has 1 atom stereocenters. The van der Waals surface area contributed by atoms with Crippen molar-refractivity contribution in [2.24, 2.45) is 5.92 Å². The van der Waals surface area contributed by atoms with Crippen LogP contribution in [0.5, 0.6) is 0 Å². The molecule has 0 aromatic rings. The topological polar surface area (TPSA) is 0 Å². The van der Waals surface area contributed by atoms with Crippen molar-refractivity contribution in [1.82, 2.24) is 0 Å². The van der Waals surface area contributed by atoms with Crippen LogP contribution in [0.3, 0.4) is 0 Å². The van der Waals surface area contributed by atoms with E-state index >= 15 is 0 Å². The smallest absolute Gasteiger partial charge is 0.0127 e. The summed E-state index contributed by atoms with van der Waals surface area (Å²) in [4.78, 5) is 0. The van der Waals surface area contributed by atoms with Gasteiger partial charge in [0.05, 0.1) is 0 Å². The second-order valence-corrected chi connectivity index (χ2v) is 2.76. The van der Waals surface area contributed by atoms with Crippen LogP contribution >= 0.6 is 0 Å². The fraction of sp³-hybridized carbons (Fsp3) is 0.333. The van der Waals surface area contributed by atoms with Crippen LogP contribution in [-0.4, -0.2) is 0 Å². The molecule has 0 heteroatoms. The van der Waals surface area contributed by atoms with Gasteiger partial charge in [0, 0.05) is 0 Å². The van der Waals surface area contributed by atoms with E-state index < -0.39 is 0 Å². The van der Waals surface area contributed by atoms with Gasteiger partial charge in [-0.3, -0.25) is 0 Å². The van der Waals surface area contributed by atoms with E-state index in [-0.39, 0.29) is 0 Å². The molecule has 2 aliphatic rings. The Hall–Kier alpha value is -0.780. The summed E-state index contributed by atoms with van der Waals surface area (Å²) in [6.45, 7) is 3.72. The highest BCUT2D eigenvalue weighted by atomic mass is 14.3. The fourth-order valence-corrected chi connectivity index (χ4v) is 1.33. The number of allylic oxidation sites excluding steroid dienone is 5. The molecule has 1 fully saturated rings. The maximum Gasteiger partial charge on any atom is -0.0127 e. The maximum absolute atomic E-state index is 3.72. The molecule has 0 nitrogen and oxygen atoms in total. The average Bonchev–Trinajstić information content (AvgIpc) is 2.64. The van der Waals surface area contributed by atoms with Gasteiger partial charge in [0.25, 0.3) is 0 Å². The summed E-state index contributed by atoms with van der Waals surface area (Å²) in [5.41, 5.74) is 2.95. The quantitative estimate of drug-likeness (QED) is 0.496. The van der Waals surface area contributed by atoms with Crippen LogP contribution in [0.1, 0.15) is 12.8 Å². The summed E-state index contributed by atoms with van der Waals surface area (Å²) in [6, 6.07) is 0. The van der Waals surface area contributed by atoms with Gasteiger partial charge in [0.2, 0.25) is 0 Å². The molecule has 0 N–H and O–H groups in total.